The molecule has 0 radical (unpaired) electrons. The van der Waals surface area contributed by atoms with E-state index in [-0.39, 0.29) is 6.15 Å². The third-order valence-corrected chi connectivity index (χ3v) is 0.458. The Kier molecular flexibility index (Phi) is 5.83. The first kappa shape index (κ1) is 10.4. The highest BCUT2D eigenvalue weighted by Gasteiger charge is 2.08. The summed E-state index contributed by atoms with van der Waals surface area (Å²) in [5, 5.41) is 23.7. The maximum Gasteiger partial charge on any atom is 0.334 e. The Labute approximate surface area is 46.1 Å². The summed E-state index contributed by atoms with van der Waals surface area (Å²) in [7, 11) is 0. The van der Waals surface area contributed by atoms with Crippen LogP contribution in [0.25, 0.3) is 0 Å². The average Bonchev–Trinajstić information content (AvgIpc) is 1.65. The number of aliphatic carboxylic acids is 1. The molecule has 0 aromatic carbocycles. The van der Waals surface area contributed by atoms with Crippen molar-refractivity contribution < 1.29 is 20.1 Å². The Hall–Kier alpha value is -0.650. The third-order valence-electron chi connectivity index (χ3n) is 0.458. The summed E-state index contributed by atoms with van der Waals surface area (Å²) in [5.74, 6) is -1.40. The predicted octanol–water partition coefficient (Wildman–Crippen LogP) is -1.20. The van der Waals surface area contributed by atoms with Crippen molar-refractivity contribution in [3.8, 4) is 0 Å². The van der Waals surface area contributed by atoms with Crippen molar-refractivity contribution in [2.45, 2.75) is 6.10 Å². The number of aliphatic hydroxyl groups excluding tert-OH is 2. The minimum absolute atomic E-state index is 0. The van der Waals surface area contributed by atoms with E-state index in [4.69, 9.17) is 15.3 Å². The predicted molar refractivity (Wildman–Crippen MR) is 26.7 cm³/mol. The number of aliphatic hydroxyl groups is 2. The van der Waals surface area contributed by atoms with Gasteiger partial charge in [-0.25, -0.2) is 4.79 Å². The summed E-state index contributed by atoms with van der Waals surface area (Å²) >= 11 is 0. The molecule has 0 heterocycles. The lowest BCUT2D eigenvalue weighted by Gasteiger charge is -1.95. The lowest BCUT2D eigenvalue weighted by atomic mass is 10.4. The number of hydrogen-bond acceptors (Lipinski definition) is 3. The Morgan fingerprint density at radius 2 is 2.00 bits per heavy atom. The molecule has 0 aromatic rings. The maximum atomic E-state index is 9.52. The molecule has 0 aliphatic carbocycles. The van der Waals surface area contributed by atoms with Gasteiger partial charge in [-0.2, -0.15) is 0 Å². The summed E-state index contributed by atoms with van der Waals surface area (Å²) in [5.41, 5.74) is 0. The highest BCUT2D eigenvalue weighted by molar-refractivity contribution is 5.71. The van der Waals surface area contributed by atoms with Crippen molar-refractivity contribution in [2.24, 2.45) is 0 Å². The molecule has 7 N–H and O–H groups in total. The van der Waals surface area contributed by atoms with Crippen LogP contribution in [0, 0.1) is 0 Å². The first-order chi connectivity index (χ1) is 3.18. The van der Waals surface area contributed by atoms with Crippen LogP contribution >= 0.6 is 0 Å². The van der Waals surface area contributed by atoms with Gasteiger partial charge in [-0.1, -0.05) is 0 Å². The molecule has 0 aliphatic rings. The van der Waals surface area contributed by atoms with Gasteiger partial charge in [0.05, 0.1) is 6.61 Å². The maximum absolute atomic E-state index is 9.52. The number of carbonyl (C=O) groups is 1. The number of hydrogen-bond donors (Lipinski definition) is 4. The van der Waals surface area contributed by atoms with Crippen LogP contribution < -0.4 is 6.15 Å². The molecule has 5 nitrogen and oxygen atoms in total. The van der Waals surface area contributed by atoms with Crippen molar-refractivity contribution in [1.29, 1.82) is 0 Å². The molecular formula is C3H10NO4+. The number of quaternary nitrogens is 1. The first-order valence-electron chi connectivity index (χ1n) is 1.70. The fourth-order valence-corrected chi connectivity index (χ4v) is 0.0781. The van der Waals surface area contributed by atoms with Crippen LogP contribution in [0.15, 0.2) is 0 Å². The van der Waals surface area contributed by atoms with Gasteiger partial charge in [0.15, 0.2) is 6.10 Å². The van der Waals surface area contributed by atoms with E-state index >= 15 is 0 Å². The van der Waals surface area contributed by atoms with Crippen molar-refractivity contribution in [2.75, 3.05) is 6.61 Å². The zero-order valence-corrected chi connectivity index (χ0v) is 4.53. The van der Waals surface area contributed by atoms with Gasteiger partial charge < -0.3 is 21.5 Å². The largest absolute Gasteiger partial charge is 0.479 e. The van der Waals surface area contributed by atoms with E-state index in [0.717, 1.165) is 0 Å². The standard InChI is InChI=1S/C3H6O4.H3N/c4-1-2(5)3(6)7;/h2,4-5H,1H2,(H,6,7);1H3/p+1/t2-;/m1./s1. The van der Waals surface area contributed by atoms with Gasteiger partial charge in [0.25, 0.3) is 0 Å². The van der Waals surface area contributed by atoms with E-state index < -0.39 is 18.7 Å². The minimum Gasteiger partial charge on any atom is -0.479 e. The third kappa shape index (κ3) is 3.54. The fourth-order valence-electron chi connectivity index (χ4n) is 0.0781. The molecule has 0 amide bonds. The second kappa shape index (κ2) is 4.51. The van der Waals surface area contributed by atoms with Gasteiger partial charge in [-0.05, 0) is 0 Å². The van der Waals surface area contributed by atoms with E-state index in [1.165, 1.54) is 0 Å². The number of rotatable bonds is 2. The molecule has 0 spiro atoms. The molecule has 0 saturated carbocycles. The summed E-state index contributed by atoms with van der Waals surface area (Å²) in [6.07, 6.45) is -1.63. The van der Waals surface area contributed by atoms with Crippen LogP contribution in [0.1, 0.15) is 0 Å². The first-order valence-corrected chi connectivity index (χ1v) is 1.70. The molecule has 0 bridgehead atoms. The van der Waals surface area contributed by atoms with Gasteiger partial charge in [0.2, 0.25) is 0 Å². The Morgan fingerprint density at radius 3 is 2.00 bits per heavy atom. The summed E-state index contributed by atoms with van der Waals surface area (Å²) in [6.45, 7) is -0.727. The van der Waals surface area contributed by atoms with Gasteiger partial charge in [-0.15, -0.1) is 0 Å². The van der Waals surface area contributed by atoms with E-state index in [0.29, 0.717) is 0 Å². The molecule has 0 aliphatic heterocycles. The lowest BCUT2D eigenvalue weighted by Crippen LogP contribution is -2.22. The molecule has 0 fully saturated rings. The van der Waals surface area contributed by atoms with Gasteiger partial charge in [0, 0.05) is 0 Å². The molecule has 50 valence electrons. The van der Waals surface area contributed by atoms with Crippen LogP contribution in [0.5, 0.6) is 0 Å². The van der Waals surface area contributed by atoms with Crippen LogP contribution in [0.4, 0.5) is 0 Å². The summed E-state index contributed by atoms with van der Waals surface area (Å²) in [6, 6.07) is 0. The smallest absolute Gasteiger partial charge is 0.334 e. The van der Waals surface area contributed by atoms with Crippen LogP contribution in [0.3, 0.4) is 0 Å². The second-order valence-electron chi connectivity index (χ2n) is 1.04. The molecule has 0 aromatic heterocycles. The van der Waals surface area contributed by atoms with Gasteiger partial charge in [-0.3, -0.25) is 0 Å². The molecule has 0 saturated heterocycles. The zero-order valence-electron chi connectivity index (χ0n) is 4.53. The Bertz CT molecular complexity index is 73.7. The SMILES string of the molecule is O=C(O)[C@H](O)CO.[NH4+]. The van der Waals surface area contributed by atoms with E-state index in [2.05, 4.69) is 0 Å². The summed E-state index contributed by atoms with van der Waals surface area (Å²) in [4.78, 5) is 9.52. The fraction of sp³-hybridized carbons (Fsp3) is 0.667. The minimum atomic E-state index is -1.63. The van der Waals surface area contributed by atoms with E-state index in [9.17, 15) is 4.79 Å². The average molecular weight is 124 g/mol. The monoisotopic (exact) mass is 124 g/mol. The molecule has 0 rings (SSSR count). The van der Waals surface area contributed by atoms with Gasteiger partial charge >= 0.3 is 5.97 Å². The number of carboxylic acid groups (broad SMARTS) is 1. The van der Waals surface area contributed by atoms with E-state index in [1.807, 2.05) is 0 Å². The molecule has 1 atom stereocenters. The molecule has 8 heavy (non-hydrogen) atoms. The highest BCUT2D eigenvalue weighted by atomic mass is 16.4. The lowest BCUT2D eigenvalue weighted by molar-refractivity contribution is -0.148. The quantitative estimate of drug-likeness (QED) is 0.370. The number of carboxylic acids is 1. The Balaban J connectivity index is 0. The van der Waals surface area contributed by atoms with Crippen LogP contribution in [-0.4, -0.2) is 34.0 Å². The van der Waals surface area contributed by atoms with Crippen molar-refractivity contribution in [1.82, 2.24) is 6.15 Å². The Morgan fingerprint density at radius 1 is 1.62 bits per heavy atom. The van der Waals surface area contributed by atoms with Gasteiger partial charge in [0.1, 0.15) is 0 Å². The van der Waals surface area contributed by atoms with Crippen LogP contribution in [-0.2, 0) is 4.79 Å². The van der Waals surface area contributed by atoms with E-state index in [1.54, 1.807) is 0 Å². The van der Waals surface area contributed by atoms with Crippen molar-refractivity contribution >= 4 is 5.97 Å². The zero-order chi connectivity index (χ0) is 5.86. The normalized spacial score (nSPS) is 11.8. The van der Waals surface area contributed by atoms with Crippen molar-refractivity contribution in [3.05, 3.63) is 0 Å². The molecule has 0 unspecified atom stereocenters. The topological polar surface area (TPSA) is 114 Å². The molecule has 5 heteroatoms. The van der Waals surface area contributed by atoms with Crippen molar-refractivity contribution in [3.63, 3.8) is 0 Å². The highest BCUT2D eigenvalue weighted by Crippen LogP contribution is 1.75. The van der Waals surface area contributed by atoms with Crippen LogP contribution in [0.2, 0.25) is 0 Å². The second-order valence-corrected chi connectivity index (χ2v) is 1.04. The summed E-state index contributed by atoms with van der Waals surface area (Å²) < 4.78 is 0. The molecular weight excluding hydrogens is 114 g/mol.